The number of benzene rings is 3. The number of carbonyl (C=O) groups is 7. The molecule has 0 spiro atoms. The van der Waals surface area contributed by atoms with Crippen LogP contribution >= 0.6 is 0 Å². The lowest BCUT2D eigenvalue weighted by Gasteiger charge is -2.32. The average Bonchev–Trinajstić information content (AvgIpc) is 3.67. The van der Waals surface area contributed by atoms with E-state index in [-0.39, 0.29) is 50.6 Å². The number of nitrogens with zero attached hydrogens (tertiary/aromatic N) is 1. The summed E-state index contributed by atoms with van der Waals surface area (Å²) in [6.07, 6.45) is 4.77. The number of esters is 2. The molecule has 0 saturated heterocycles. The zero-order valence-electron chi connectivity index (χ0n) is 35.9. The molecule has 1 heterocycles. The first-order chi connectivity index (χ1) is 29.9. The predicted molar refractivity (Wildman–Crippen MR) is 234 cm³/mol. The van der Waals surface area contributed by atoms with Gasteiger partial charge in [0.05, 0.1) is 13.0 Å². The van der Waals surface area contributed by atoms with Gasteiger partial charge in [0.15, 0.2) is 0 Å². The summed E-state index contributed by atoms with van der Waals surface area (Å²) in [6.45, 7) is 3.90. The van der Waals surface area contributed by atoms with Gasteiger partial charge in [-0.25, -0.2) is 0 Å². The fraction of sp³-hybridized carbons (Fsp3) is 0.426. The third kappa shape index (κ3) is 15.5. The number of carbonyl (C=O) groups excluding carboxylic acids is 7. The number of nitrogens with two attached hydrogens (primary N) is 1. The van der Waals surface area contributed by atoms with Gasteiger partial charge in [0.1, 0.15) is 30.8 Å². The van der Waals surface area contributed by atoms with Gasteiger partial charge >= 0.3 is 11.9 Å². The first-order valence-corrected chi connectivity index (χ1v) is 21.3. The van der Waals surface area contributed by atoms with E-state index in [9.17, 15) is 33.6 Å². The number of unbranched alkanes of at least 4 members (excludes halogenated alkanes) is 3. The lowest BCUT2D eigenvalue weighted by atomic mass is 10.0. The number of para-hydroxylation sites is 1. The van der Waals surface area contributed by atoms with Crippen molar-refractivity contribution in [1.29, 1.82) is 0 Å². The summed E-state index contributed by atoms with van der Waals surface area (Å²) in [5.74, 6) is -4.36. The molecule has 0 unspecified atom stereocenters. The molecule has 3 aromatic carbocycles. The normalized spacial score (nSPS) is 12.9. The van der Waals surface area contributed by atoms with Crippen LogP contribution in [0.25, 0.3) is 10.9 Å². The van der Waals surface area contributed by atoms with Crippen molar-refractivity contribution in [3.05, 3.63) is 108 Å². The predicted octanol–water partition coefficient (Wildman–Crippen LogP) is 4.56. The molecule has 0 saturated carbocycles. The molecule has 15 nitrogen and oxygen atoms in total. The van der Waals surface area contributed by atoms with Crippen LogP contribution in [0.5, 0.6) is 0 Å². The minimum atomic E-state index is -1.51. The second kappa shape index (κ2) is 25.3. The van der Waals surface area contributed by atoms with Crippen molar-refractivity contribution >= 4 is 52.4 Å². The number of nitrogens with one attached hydrogen (secondary N) is 4. The zero-order chi connectivity index (χ0) is 44.9. The third-order valence-electron chi connectivity index (χ3n) is 10.5. The Hall–Kier alpha value is -6.51. The van der Waals surface area contributed by atoms with E-state index in [4.69, 9.17) is 15.2 Å². The molecule has 0 aliphatic carbocycles. The highest BCUT2D eigenvalue weighted by Crippen LogP contribution is 2.21. The largest absolute Gasteiger partial charge is 0.466 e. The fourth-order valence-electron chi connectivity index (χ4n) is 7.04. The van der Waals surface area contributed by atoms with Crippen molar-refractivity contribution in [1.82, 2.24) is 25.8 Å². The molecule has 0 radical (unpaired) electrons. The van der Waals surface area contributed by atoms with Crippen LogP contribution in [0.1, 0.15) is 88.3 Å². The minimum absolute atomic E-state index is 0.0640. The Morgan fingerprint density at radius 1 is 0.677 bits per heavy atom. The fourth-order valence-corrected chi connectivity index (χ4v) is 7.04. The maximum atomic E-state index is 14.5. The Bertz CT molecular complexity index is 2090. The quantitative estimate of drug-likeness (QED) is 0.0441. The lowest BCUT2D eigenvalue weighted by molar-refractivity contribution is -0.148. The van der Waals surface area contributed by atoms with Gasteiger partial charge in [-0.2, -0.15) is 0 Å². The molecule has 1 aromatic heterocycles. The second-order valence-electron chi connectivity index (χ2n) is 15.2. The van der Waals surface area contributed by atoms with Crippen LogP contribution in [0.15, 0.2) is 91.1 Å². The van der Waals surface area contributed by atoms with Crippen molar-refractivity contribution < 1.29 is 43.0 Å². The number of likely N-dealkylation sites (N-methyl/N-ethyl adjacent to an activating group) is 1. The van der Waals surface area contributed by atoms with Crippen molar-refractivity contribution in [3.63, 3.8) is 0 Å². The van der Waals surface area contributed by atoms with Gasteiger partial charge in [-0.1, -0.05) is 105 Å². The van der Waals surface area contributed by atoms with Gasteiger partial charge in [-0.3, -0.25) is 33.6 Å². The van der Waals surface area contributed by atoms with Crippen molar-refractivity contribution in [2.45, 2.75) is 115 Å². The number of hydrogen-bond acceptors (Lipinski definition) is 9. The van der Waals surface area contributed by atoms with Crippen molar-refractivity contribution in [3.8, 4) is 0 Å². The van der Waals surface area contributed by atoms with E-state index in [0.717, 1.165) is 22.0 Å². The molecular formula is C47H60N6O9. The molecule has 4 aromatic rings. The molecule has 5 amide bonds. The zero-order valence-corrected chi connectivity index (χ0v) is 35.9. The van der Waals surface area contributed by atoms with E-state index in [1.165, 1.54) is 11.9 Å². The number of aromatic nitrogens is 1. The van der Waals surface area contributed by atoms with Crippen LogP contribution in [0, 0.1) is 0 Å². The summed E-state index contributed by atoms with van der Waals surface area (Å²) in [5.41, 5.74) is 8.77. The van der Waals surface area contributed by atoms with Gasteiger partial charge in [0, 0.05) is 49.8 Å². The molecule has 0 bridgehead atoms. The highest BCUT2D eigenvalue weighted by Gasteiger charge is 2.36. The average molecular weight is 853 g/mol. The molecule has 6 N–H and O–H groups in total. The van der Waals surface area contributed by atoms with Crippen LogP contribution < -0.4 is 21.7 Å². The topological polar surface area (TPSA) is 219 Å². The monoisotopic (exact) mass is 852 g/mol. The van der Waals surface area contributed by atoms with Gasteiger partial charge < -0.3 is 41.0 Å². The number of primary amides is 1. The number of H-pyrrole nitrogens is 1. The molecule has 62 heavy (non-hydrogen) atoms. The van der Waals surface area contributed by atoms with Crippen LogP contribution in [-0.2, 0) is 62.5 Å². The standard InChI is InChI=1S/C47H60N6O9/c1-4-6-24-40(53(3)47(60)39(28-34-30-49-36-23-17-16-22-35(34)36)50-41(54)25-14-9-15-26-42(55)61-5-2)46(59)52-38(29-43(56)62-31-33-20-12-8-13-21-33)45(58)51-37(44(48)57)27-32-18-10-7-11-19-32/h7-8,10-13,16-23,30,37-40,49H,4-6,9,14-15,24-29,31H2,1-3H3,(H2,48,57)(H,50,54)(H,51,58)(H,52,59)/t37-,38-,39-,40-/m0/s1. The molecule has 15 heteroatoms. The number of rotatable bonds is 26. The Morgan fingerprint density at radius 3 is 2.00 bits per heavy atom. The molecule has 332 valence electrons. The van der Waals surface area contributed by atoms with Crippen molar-refractivity contribution in [2.75, 3.05) is 13.7 Å². The molecule has 4 rings (SSSR count). The van der Waals surface area contributed by atoms with Gasteiger partial charge in [0.25, 0.3) is 0 Å². The molecule has 0 fully saturated rings. The number of hydrogen-bond donors (Lipinski definition) is 5. The van der Waals surface area contributed by atoms with Gasteiger partial charge in [-0.05, 0) is 48.9 Å². The number of ether oxygens (including phenoxy) is 2. The summed E-state index contributed by atoms with van der Waals surface area (Å²) in [7, 11) is 1.47. The van der Waals surface area contributed by atoms with Gasteiger partial charge in [0.2, 0.25) is 29.5 Å². The molecule has 0 aliphatic heterocycles. The first kappa shape index (κ1) is 48.2. The summed E-state index contributed by atoms with van der Waals surface area (Å²) in [6, 6.07) is 20.5. The first-order valence-electron chi connectivity index (χ1n) is 21.3. The van der Waals surface area contributed by atoms with Crippen LogP contribution in [0.3, 0.4) is 0 Å². The number of fused-ring (bicyclic) bond motifs is 1. The Morgan fingerprint density at radius 2 is 1.32 bits per heavy atom. The third-order valence-corrected chi connectivity index (χ3v) is 10.5. The molecular weight excluding hydrogens is 793 g/mol. The smallest absolute Gasteiger partial charge is 0.308 e. The Labute approximate surface area is 362 Å². The lowest BCUT2D eigenvalue weighted by Crippen LogP contribution is -2.59. The second-order valence-corrected chi connectivity index (χ2v) is 15.2. The Balaban J connectivity index is 1.55. The van der Waals surface area contributed by atoms with Crippen LogP contribution in [0.4, 0.5) is 0 Å². The number of amides is 5. The van der Waals surface area contributed by atoms with E-state index < -0.39 is 60.2 Å². The van der Waals surface area contributed by atoms with E-state index in [0.29, 0.717) is 44.3 Å². The van der Waals surface area contributed by atoms with E-state index in [1.807, 2.05) is 43.3 Å². The van der Waals surface area contributed by atoms with Crippen molar-refractivity contribution in [2.24, 2.45) is 5.73 Å². The SMILES string of the molecule is CCCC[C@@H](C(=O)N[C@@H](CC(=O)OCc1ccccc1)C(=O)N[C@@H](Cc1ccccc1)C(N)=O)N(C)C(=O)[C@H](Cc1c[nH]c2ccccc12)NC(=O)CCCCCC(=O)OCC. The maximum Gasteiger partial charge on any atom is 0.308 e. The summed E-state index contributed by atoms with van der Waals surface area (Å²) >= 11 is 0. The van der Waals surface area contributed by atoms with E-state index >= 15 is 0 Å². The summed E-state index contributed by atoms with van der Waals surface area (Å²) in [5, 5.41) is 9.06. The van der Waals surface area contributed by atoms with E-state index in [2.05, 4.69) is 20.9 Å². The van der Waals surface area contributed by atoms with Crippen LogP contribution in [0.2, 0.25) is 0 Å². The summed E-state index contributed by atoms with van der Waals surface area (Å²) in [4.78, 5) is 98.2. The minimum Gasteiger partial charge on any atom is -0.466 e. The van der Waals surface area contributed by atoms with Crippen LogP contribution in [-0.4, -0.2) is 89.2 Å². The Kier molecular flexibility index (Phi) is 19.7. The molecule has 4 atom stereocenters. The highest BCUT2D eigenvalue weighted by molar-refractivity contribution is 5.97. The maximum absolute atomic E-state index is 14.5. The van der Waals surface area contributed by atoms with E-state index in [1.54, 1.807) is 61.7 Å². The number of aromatic amines is 1. The highest BCUT2D eigenvalue weighted by atomic mass is 16.5. The summed E-state index contributed by atoms with van der Waals surface area (Å²) < 4.78 is 10.5. The van der Waals surface area contributed by atoms with Gasteiger partial charge in [-0.15, -0.1) is 0 Å². The molecule has 0 aliphatic rings.